The van der Waals surface area contributed by atoms with Crippen LogP contribution in [0.2, 0.25) is 5.02 Å². The van der Waals surface area contributed by atoms with E-state index in [1.807, 2.05) is 52.0 Å². The van der Waals surface area contributed by atoms with Crippen molar-refractivity contribution in [1.82, 2.24) is 9.21 Å². The summed E-state index contributed by atoms with van der Waals surface area (Å²) >= 11 is 6.20. The van der Waals surface area contributed by atoms with Crippen LogP contribution in [-0.2, 0) is 10.0 Å². The van der Waals surface area contributed by atoms with Gasteiger partial charge in [0, 0.05) is 43.4 Å². The molecule has 2 unspecified atom stereocenters. The van der Waals surface area contributed by atoms with Crippen molar-refractivity contribution < 1.29 is 8.42 Å². The quantitative estimate of drug-likeness (QED) is 0.593. The lowest BCUT2D eigenvalue weighted by molar-refractivity contribution is 0.296. The number of hydrogen-bond acceptors (Lipinski definition) is 4. The highest BCUT2D eigenvalue weighted by Crippen LogP contribution is 2.36. The zero-order valence-electron chi connectivity index (χ0n) is 19.5. The van der Waals surface area contributed by atoms with Crippen molar-refractivity contribution in [3.8, 4) is 0 Å². The maximum Gasteiger partial charge on any atom is 0.243 e. The van der Waals surface area contributed by atoms with Crippen LogP contribution in [0.15, 0.2) is 35.2 Å². The first-order valence-corrected chi connectivity index (χ1v) is 13.3. The molecular formula is C25H34ClN3O2S. The van der Waals surface area contributed by atoms with Gasteiger partial charge in [0.2, 0.25) is 10.0 Å². The zero-order chi connectivity index (χ0) is 23.0. The minimum atomic E-state index is -3.44. The van der Waals surface area contributed by atoms with Gasteiger partial charge in [0.05, 0.1) is 4.90 Å². The number of nitrogens with zero attached hydrogens (tertiary/aromatic N) is 2. The molecule has 0 bridgehead atoms. The number of likely N-dealkylation sites (tertiary alicyclic amines) is 1. The maximum absolute atomic E-state index is 13.4. The number of rotatable bonds is 7. The lowest BCUT2D eigenvalue weighted by Gasteiger charge is -2.23. The van der Waals surface area contributed by atoms with Crippen LogP contribution < -0.4 is 5.32 Å². The van der Waals surface area contributed by atoms with Gasteiger partial charge < -0.3 is 10.2 Å². The zero-order valence-corrected chi connectivity index (χ0v) is 21.1. The molecule has 1 N–H and O–H groups in total. The van der Waals surface area contributed by atoms with E-state index in [0.717, 1.165) is 65.6 Å². The molecule has 0 amide bonds. The Kier molecular flexibility index (Phi) is 6.87. The molecule has 2 aromatic carbocycles. The van der Waals surface area contributed by atoms with Crippen LogP contribution in [0, 0.1) is 39.5 Å². The summed E-state index contributed by atoms with van der Waals surface area (Å²) in [4.78, 5) is 2.99. The summed E-state index contributed by atoms with van der Waals surface area (Å²) in [5.41, 5.74) is 4.95. The van der Waals surface area contributed by atoms with Gasteiger partial charge >= 0.3 is 0 Å². The lowest BCUT2D eigenvalue weighted by Crippen LogP contribution is -2.34. The van der Waals surface area contributed by atoms with Gasteiger partial charge in [-0.15, -0.1) is 0 Å². The Bertz CT molecular complexity index is 1070. The Hall–Kier alpha value is -1.60. The second-order valence-electron chi connectivity index (χ2n) is 9.57. The number of hydrogen-bond donors (Lipinski definition) is 1. The highest BCUT2D eigenvalue weighted by Gasteiger charge is 2.44. The first-order valence-electron chi connectivity index (χ1n) is 11.5. The molecule has 0 radical (unpaired) electrons. The van der Waals surface area contributed by atoms with E-state index in [4.69, 9.17) is 11.6 Å². The fourth-order valence-electron chi connectivity index (χ4n) is 5.37. The van der Waals surface area contributed by atoms with E-state index in [1.54, 1.807) is 4.31 Å². The van der Waals surface area contributed by atoms with E-state index in [9.17, 15) is 8.42 Å². The number of aryl methyl sites for hydroxylation is 4. The Labute approximate surface area is 197 Å². The van der Waals surface area contributed by atoms with Crippen molar-refractivity contribution in [2.75, 3.05) is 44.6 Å². The van der Waals surface area contributed by atoms with Crippen molar-refractivity contribution in [3.05, 3.63) is 57.6 Å². The average Bonchev–Trinajstić information content (AvgIpc) is 3.26. The largest absolute Gasteiger partial charge is 0.385 e. The van der Waals surface area contributed by atoms with Crippen LogP contribution in [0.5, 0.6) is 0 Å². The first kappa shape index (κ1) is 23.6. The van der Waals surface area contributed by atoms with Crippen molar-refractivity contribution in [1.29, 1.82) is 0 Å². The molecule has 2 atom stereocenters. The van der Waals surface area contributed by atoms with Crippen molar-refractivity contribution in [3.63, 3.8) is 0 Å². The Morgan fingerprint density at radius 2 is 1.56 bits per heavy atom. The predicted molar refractivity (Wildman–Crippen MR) is 132 cm³/mol. The number of halogens is 1. The summed E-state index contributed by atoms with van der Waals surface area (Å²) < 4.78 is 28.5. The number of nitrogens with one attached hydrogen (secondary N) is 1. The molecule has 5 nitrogen and oxygen atoms in total. The third-order valence-electron chi connectivity index (χ3n) is 6.88. The molecule has 2 fully saturated rings. The summed E-state index contributed by atoms with van der Waals surface area (Å²) in [5.74, 6) is 0.861. The Morgan fingerprint density at radius 3 is 2.16 bits per heavy atom. The first-order chi connectivity index (χ1) is 15.1. The van der Waals surface area contributed by atoms with Crippen LogP contribution in [0.25, 0.3) is 0 Å². The fraction of sp³-hybridized carbons (Fsp3) is 0.520. The number of fused-ring (bicyclic) bond motifs is 1. The summed E-state index contributed by atoms with van der Waals surface area (Å²) in [6.45, 7) is 13.0. The lowest BCUT2D eigenvalue weighted by atomic mass is 10.0. The maximum atomic E-state index is 13.4. The van der Waals surface area contributed by atoms with E-state index in [-0.39, 0.29) is 0 Å². The monoisotopic (exact) mass is 475 g/mol. The van der Waals surface area contributed by atoms with E-state index in [0.29, 0.717) is 29.8 Å². The molecule has 0 spiro atoms. The van der Waals surface area contributed by atoms with Crippen LogP contribution in [0.1, 0.15) is 28.7 Å². The molecule has 7 heteroatoms. The van der Waals surface area contributed by atoms with Crippen molar-refractivity contribution >= 4 is 27.3 Å². The molecule has 2 aliphatic rings. The molecule has 0 aliphatic carbocycles. The average molecular weight is 476 g/mol. The van der Waals surface area contributed by atoms with E-state index < -0.39 is 10.0 Å². The van der Waals surface area contributed by atoms with Crippen LogP contribution >= 0.6 is 11.6 Å². The minimum Gasteiger partial charge on any atom is -0.385 e. The van der Waals surface area contributed by atoms with Gasteiger partial charge in [-0.3, -0.25) is 0 Å². The second kappa shape index (κ2) is 9.34. The smallest absolute Gasteiger partial charge is 0.243 e. The summed E-state index contributed by atoms with van der Waals surface area (Å²) in [5, 5.41) is 4.24. The molecule has 2 heterocycles. The molecule has 174 valence electrons. The van der Waals surface area contributed by atoms with Crippen LogP contribution in [0.4, 0.5) is 5.69 Å². The normalized spacial score (nSPS) is 21.8. The van der Waals surface area contributed by atoms with E-state index in [2.05, 4.69) is 16.3 Å². The van der Waals surface area contributed by atoms with Gasteiger partial charge in [-0.05, 0) is 81.3 Å². The van der Waals surface area contributed by atoms with E-state index >= 15 is 0 Å². The van der Waals surface area contributed by atoms with Gasteiger partial charge in [0.25, 0.3) is 0 Å². The predicted octanol–water partition coefficient (Wildman–Crippen LogP) is 4.63. The standard InChI is InChI=1S/C25H34ClN3O2S/c1-17-10-19(3)25(20(4)11-17)32(30,31)29-15-21-13-28(14-22(21)16-29)9-5-8-27-23-7-6-18(2)24(26)12-23/h6-7,10-12,21-22,27H,5,8-9,13-16H2,1-4H3. The Morgan fingerprint density at radius 1 is 0.938 bits per heavy atom. The highest BCUT2D eigenvalue weighted by molar-refractivity contribution is 7.89. The molecule has 0 saturated carbocycles. The van der Waals surface area contributed by atoms with Gasteiger partial charge in [-0.1, -0.05) is 35.4 Å². The number of benzene rings is 2. The third kappa shape index (κ3) is 4.84. The molecule has 0 aromatic heterocycles. The Balaban J connectivity index is 1.28. The third-order valence-corrected chi connectivity index (χ3v) is 9.43. The molecule has 32 heavy (non-hydrogen) atoms. The molecule has 4 rings (SSSR count). The molecule has 2 aromatic rings. The van der Waals surface area contributed by atoms with Gasteiger partial charge in [0.15, 0.2) is 0 Å². The summed E-state index contributed by atoms with van der Waals surface area (Å²) in [7, 11) is -3.44. The molecular weight excluding hydrogens is 442 g/mol. The second-order valence-corrected chi connectivity index (χ2v) is 11.9. The van der Waals surface area contributed by atoms with Gasteiger partial charge in [-0.25, -0.2) is 8.42 Å². The molecule has 2 aliphatic heterocycles. The van der Waals surface area contributed by atoms with Crippen LogP contribution in [-0.4, -0.2) is 56.9 Å². The molecule has 2 saturated heterocycles. The van der Waals surface area contributed by atoms with Gasteiger partial charge in [0.1, 0.15) is 0 Å². The summed E-state index contributed by atoms with van der Waals surface area (Å²) in [6, 6.07) is 10.0. The van der Waals surface area contributed by atoms with Crippen molar-refractivity contribution in [2.45, 2.75) is 39.0 Å². The fourth-order valence-corrected chi connectivity index (χ4v) is 7.51. The summed E-state index contributed by atoms with van der Waals surface area (Å²) in [6.07, 6.45) is 1.05. The number of sulfonamides is 1. The van der Waals surface area contributed by atoms with Crippen molar-refractivity contribution in [2.24, 2.45) is 11.8 Å². The topological polar surface area (TPSA) is 52.7 Å². The highest BCUT2D eigenvalue weighted by atomic mass is 35.5. The van der Waals surface area contributed by atoms with Crippen LogP contribution in [0.3, 0.4) is 0 Å². The van der Waals surface area contributed by atoms with Gasteiger partial charge in [-0.2, -0.15) is 4.31 Å². The number of anilines is 1. The minimum absolute atomic E-state index is 0.430. The SMILES string of the molecule is Cc1cc(C)c(S(=O)(=O)N2CC3CN(CCCNc4ccc(C)c(Cl)c4)CC3C2)c(C)c1. The van der Waals surface area contributed by atoms with E-state index in [1.165, 1.54) is 0 Å².